The van der Waals surface area contributed by atoms with E-state index in [0.29, 0.717) is 23.0 Å². The lowest BCUT2D eigenvalue weighted by atomic mass is 10.4. The third-order valence-electron chi connectivity index (χ3n) is 1.90. The zero-order valence-electron chi connectivity index (χ0n) is 9.01. The smallest absolute Gasteiger partial charge is 0.350 e. The minimum atomic E-state index is -4.40. The molecule has 0 fully saturated rings. The van der Waals surface area contributed by atoms with Crippen LogP contribution in [-0.2, 0) is 6.18 Å². The Labute approximate surface area is 95.5 Å². The SMILES string of the molecule is CNCCCN(C)c1nnc(C(F)(F)F)s1. The highest BCUT2D eigenvalue weighted by atomic mass is 32.1. The van der Waals surface area contributed by atoms with E-state index in [1.165, 1.54) is 0 Å². The summed E-state index contributed by atoms with van der Waals surface area (Å²) in [6.07, 6.45) is -3.56. The van der Waals surface area contributed by atoms with Crippen LogP contribution in [0.2, 0.25) is 0 Å². The van der Waals surface area contributed by atoms with E-state index >= 15 is 0 Å². The van der Waals surface area contributed by atoms with Crippen molar-refractivity contribution < 1.29 is 13.2 Å². The van der Waals surface area contributed by atoms with E-state index in [9.17, 15) is 13.2 Å². The normalized spacial score (nSPS) is 11.8. The van der Waals surface area contributed by atoms with Gasteiger partial charge in [0.05, 0.1) is 0 Å². The Morgan fingerprint density at radius 2 is 2.06 bits per heavy atom. The minimum absolute atomic E-state index is 0.295. The van der Waals surface area contributed by atoms with Crippen molar-refractivity contribution in [1.82, 2.24) is 15.5 Å². The van der Waals surface area contributed by atoms with Gasteiger partial charge in [-0.25, -0.2) is 0 Å². The van der Waals surface area contributed by atoms with Gasteiger partial charge in [0.1, 0.15) is 0 Å². The number of anilines is 1. The van der Waals surface area contributed by atoms with Gasteiger partial charge in [0.25, 0.3) is 0 Å². The van der Waals surface area contributed by atoms with Gasteiger partial charge in [-0.3, -0.25) is 0 Å². The standard InChI is InChI=1S/C8H13F3N4S/c1-12-4-3-5-15(2)7-14-13-6(16-7)8(9,10)11/h12H,3-5H2,1-2H3. The molecule has 0 atom stereocenters. The maximum absolute atomic E-state index is 12.3. The van der Waals surface area contributed by atoms with E-state index in [-0.39, 0.29) is 0 Å². The predicted molar refractivity (Wildman–Crippen MR) is 56.7 cm³/mol. The molecule has 0 bridgehead atoms. The van der Waals surface area contributed by atoms with Gasteiger partial charge in [-0.1, -0.05) is 11.3 Å². The van der Waals surface area contributed by atoms with Crippen molar-refractivity contribution in [1.29, 1.82) is 0 Å². The molecule has 0 aliphatic rings. The zero-order valence-corrected chi connectivity index (χ0v) is 9.82. The van der Waals surface area contributed by atoms with E-state index < -0.39 is 11.2 Å². The molecule has 8 heteroatoms. The Morgan fingerprint density at radius 3 is 2.56 bits per heavy atom. The molecule has 0 saturated carbocycles. The van der Waals surface area contributed by atoms with Crippen molar-refractivity contribution in [2.24, 2.45) is 0 Å². The average molecular weight is 254 g/mol. The van der Waals surface area contributed by atoms with Crippen molar-refractivity contribution in [3.63, 3.8) is 0 Å². The summed E-state index contributed by atoms with van der Waals surface area (Å²) in [4.78, 5) is 1.67. The van der Waals surface area contributed by atoms with Crippen molar-refractivity contribution in [2.45, 2.75) is 12.6 Å². The van der Waals surface area contributed by atoms with Gasteiger partial charge in [0, 0.05) is 13.6 Å². The molecule has 1 N–H and O–H groups in total. The fraction of sp³-hybridized carbons (Fsp3) is 0.750. The molecule has 0 amide bonds. The van der Waals surface area contributed by atoms with Gasteiger partial charge >= 0.3 is 6.18 Å². The van der Waals surface area contributed by atoms with E-state index in [4.69, 9.17) is 0 Å². The first-order chi connectivity index (χ1) is 7.45. The Morgan fingerprint density at radius 1 is 1.38 bits per heavy atom. The van der Waals surface area contributed by atoms with Gasteiger partial charge in [-0.15, -0.1) is 10.2 Å². The summed E-state index contributed by atoms with van der Waals surface area (Å²) in [5.74, 6) is 0. The first-order valence-electron chi connectivity index (χ1n) is 4.71. The van der Waals surface area contributed by atoms with Crippen LogP contribution in [0, 0.1) is 0 Å². The summed E-state index contributed by atoms with van der Waals surface area (Å²) in [5.41, 5.74) is 0. The second-order valence-electron chi connectivity index (χ2n) is 3.27. The Kier molecular flexibility index (Phi) is 4.48. The molecule has 0 aliphatic heterocycles. The minimum Gasteiger partial charge on any atom is -0.350 e. The molecule has 4 nitrogen and oxygen atoms in total. The number of rotatable bonds is 5. The molecule has 0 spiro atoms. The molecule has 0 saturated heterocycles. The number of nitrogens with zero attached hydrogens (tertiary/aromatic N) is 3. The van der Waals surface area contributed by atoms with Gasteiger partial charge in [0.15, 0.2) is 0 Å². The maximum Gasteiger partial charge on any atom is 0.445 e. The monoisotopic (exact) mass is 254 g/mol. The maximum atomic E-state index is 12.3. The summed E-state index contributed by atoms with van der Waals surface area (Å²) < 4.78 is 36.8. The third kappa shape index (κ3) is 3.60. The molecular weight excluding hydrogens is 241 g/mol. The van der Waals surface area contributed by atoms with E-state index in [1.807, 2.05) is 7.05 Å². The summed E-state index contributed by atoms with van der Waals surface area (Å²) in [6, 6.07) is 0. The van der Waals surface area contributed by atoms with Crippen LogP contribution < -0.4 is 10.2 Å². The fourth-order valence-electron chi connectivity index (χ4n) is 1.07. The van der Waals surface area contributed by atoms with Gasteiger partial charge in [0.2, 0.25) is 10.1 Å². The fourth-order valence-corrected chi connectivity index (χ4v) is 1.77. The number of halogens is 3. The number of alkyl halides is 3. The number of hydrogen-bond donors (Lipinski definition) is 1. The first-order valence-corrected chi connectivity index (χ1v) is 5.53. The zero-order chi connectivity index (χ0) is 12.2. The van der Waals surface area contributed by atoms with Crippen LogP contribution in [0.15, 0.2) is 0 Å². The first kappa shape index (κ1) is 13.2. The second-order valence-corrected chi connectivity index (χ2v) is 4.22. The summed E-state index contributed by atoms with van der Waals surface area (Å²) in [7, 11) is 3.53. The lowest BCUT2D eigenvalue weighted by Crippen LogP contribution is -2.22. The molecule has 1 rings (SSSR count). The average Bonchev–Trinajstić information content (AvgIpc) is 2.66. The van der Waals surface area contributed by atoms with Crippen LogP contribution in [0.4, 0.5) is 18.3 Å². The lowest BCUT2D eigenvalue weighted by Gasteiger charge is -2.14. The van der Waals surface area contributed by atoms with E-state index in [2.05, 4.69) is 15.5 Å². The Hall–Kier alpha value is -0.890. The number of aromatic nitrogens is 2. The highest BCUT2D eigenvalue weighted by molar-refractivity contribution is 7.15. The van der Waals surface area contributed by atoms with Crippen LogP contribution in [0.25, 0.3) is 0 Å². The quantitative estimate of drug-likeness (QED) is 0.810. The summed E-state index contributed by atoms with van der Waals surface area (Å²) in [5, 5.41) is 9.00. The summed E-state index contributed by atoms with van der Waals surface area (Å²) in [6.45, 7) is 1.46. The molecular formula is C8H13F3N4S. The third-order valence-corrected chi connectivity index (χ3v) is 2.99. The van der Waals surface area contributed by atoms with Gasteiger partial charge < -0.3 is 10.2 Å². The number of hydrogen-bond acceptors (Lipinski definition) is 5. The topological polar surface area (TPSA) is 41.0 Å². The number of nitrogens with one attached hydrogen (secondary N) is 1. The van der Waals surface area contributed by atoms with E-state index in [0.717, 1.165) is 13.0 Å². The van der Waals surface area contributed by atoms with Crippen molar-refractivity contribution in [3.8, 4) is 0 Å². The molecule has 0 unspecified atom stereocenters. The molecule has 92 valence electrons. The van der Waals surface area contributed by atoms with E-state index in [1.54, 1.807) is 11.9 Å². The second kappa shape index (κ2) is 5.44. The molecule has 0 radical (unpaired) electrons. The Bertz CT molecular complexity index is 325. The van der Waals surface area contributed by atoms with Crippen LogP contribution in [0.5, 0.6) is 0 Å². The van der Waals surface area contributed by atoms with Crippen molar-refractivity contribution >= 4 is 16.5 Å². The molecule has 16 heavy (non-hydrogen) atoms. The van der Waals surface area contributed by atoms with Crippen LogP contribution in [0.3, 0.4) is 0 Å². The summed E-state index contributed by atoms with van der Waals surface area (Å²) >= 11 is 0.564. The molecule has 1 aromatic heterocycles. The van der Waals surface area contributed by atoms with Crippen LogP contribution in [-0.4, -0.2) is 37.4 Å². The van der Waals surface area contributed by atoms with Crippen molar-refractivity contribution in [3.05, 3.63) is 5.01 Å². The van der Waals surface area contributed by atoms with Crippen molar-refractivity contribution in [2.75, 3.05) is 32.1 Å². The van der Waals surface area contributed by atoms with Gasteiger partial charge in [-0.2, -0.15) is 13.2 Å². The molecule has 1 heterocycles. The van der Waals surface area contributed by atoms with Crippen LogP contribution in [0.1, 0.15) is 11.4 Å². The van der Waals surface area contributed by atoms with Gasteiger partial charge in [-0.05, 0) is 20.0 Å². The Balaban J connectivity index is 2.56. The molecule has 0 aliphatic carbocycles. The predicted octanol–water partition coefficient (Wildman–Crippen LogP) is 1.60. The molecule has 0 aromatic carbocycles. The largest absolute Gasteiger partial charge is 0.445 e. The lowest BCUT2D eigenvalue weighted by molar-refractivity contribution is -0.138. The van der Waals surface area contributed by atoms with Crippen LogP contribution >= 0.6 is 11.3 Å². The highest BCUT2D eigenvalue weighted by Crippen LogP contribution is 2.33. The highest BCUT2D eigenvalue weighted by Gasteiger charge is 2.35. The molecule has 1 aromatic rings.